The van der Waals surface area contributed by atoms with Crippen LogP contribution in [0.4, 0.5) is 0 Å². The normalized spacial score (nSPS) is 14.3. The van der Waals surface area contributed by atoms with Gasteiger partial charge in [0.25, 0.3) is 0 Å². The van der Waals surface area contributed by atoms with E-state index in [1.165, 1.54) is 0 Å². The minimum atomic E-state index is -2.98. The highest BCUT2D eigenvalue weighted by molar-refractivity contribution is 7.91. The first kappa shape index (κ1) is 16.4. The van der Waals surface area contributed by atoms with Gasteiger partial charge in [0.15, 0.2) is 9.84 Å². The van der Waals surface area contributed by atoms with Crippen molar-refractivity contribution in [2.24, 2.45) is 17.1 Å². The fraction of sp³-hybridized carbons (Fsp3) is 0.917. The first-order chi connectivity index (χ1) is 7.72. The second-order valence-electron chi connectivity index (χ2n) is 5.41. The Hall–Kier alpha value is -0.600. The lowest BCUT2D eigenvalue weighted by molar-refractivity contribution is 0.431. The van der Waals surface area contributed by atoms with Crippen molar-refractivity contribution in [2.75, 3.05) is 18.1 Å². The highest BCUT2D eigenvalue weighted by atomic mass is 32.2. The van der Waals surface area contributed by atoms with Crippen molar-refractivity contribution >= 4 is 9.84 Å². The van der Waals surface area contributed by atoms with Gasteiger partial charge in [-0.15, -0.1) is 0 Å². The molecular formula is C12H24N2O2S. The molecule has 100 valence electrons. The number of nitriles is 1. The molecule has 0 aliphatic rings. The minimum Gasteiger partial charge on any atom is -0.330 e. The van der Waals surface area contributed by atoms with Gasteiger partial charge >= 0.3 is 0 Å². The van der Waals surface area contributed by atoms with Crippen molar-refractivity contribution in [1.82, 2.24) is 0 Å². The summed E-state index contributed by atoms with van der Waals surface area (Å²) in [7, 11) is -2.98. The van der Waals surface area contributed by atoms with Crippen LogP contribution in [0, 0.1) is 22.7 Å². The molecule has 0 bridgehead atoms. The SMILES string of the molecule is CC(CN)CS(=O)(=O)CCCCC(C)(C)C#N. The van der Waals surface area contributed by atoms with Crippen LogP contribution in [0.2, 0.25) is 0 Å². The van der Waals surface area contributed by atoms with Crippen LogP contribution in [-0.4, -0.2) is 26.5 Å². The van der Waals surface area contributed by atoms with E-state index >= 15 is 0 Å². The number of hydrogen-bond donors (Lipinski definition) is 1. The Morgan fingerprint density at radius 3 is 2.41 bits per heavy atom. The molecule has 0 aliphatic heterocycles. The largest absolute Gasteiger partial charge is 0.330 e. The molecule has 1 atom stereocenters. The molecule has 0 aliphatic carbocycles. The average Bonchev–Trinajstić information content (AvgIpc) is 2.24. The standard InChI is InChI=1S/C12H24N2O2S/c1-11(8-13)9-17(15,16)7-5-4-6-12(2,3)10-14/h11H,4-9,13H2,1-3H3. The number of hydrogen-bond acceptors (Lipinski definition) is 4. The van der Waals surface area contributed by atoms with Crippen LogP contribution in [0.1, 0.15) is 40.0 Å². The van der Waals surface area contributed by atoms with Crippen molar-refractivity contribution in [1.29, 1.82) is 5.26 Å². The summed E-state index contributed by atoms with van der Waals surface area (Å²) in [5.74, 6) is 0.403. The Labute approximate surface area is 105 Å². The maximum absolute atomic E-state index is 11.7. The molecule has 0 aromatic rings. The second kappa shape index (κ2) is 6.97. The Kier molecular flexibility index (Phi) is 6.73. The van der Waals surface area contributed by atoms with Crippen LogP contribution in [0.5, 0.6) is 0 Å². The number of unbranched alkanes of at least 4 members (excludes halogenated alkanes) is 1. The Balaban J connectivity index is 3.94. The summed E-state index contributed by atoms with van der Waals surface area (Å²) in [6.07, 6.45) is 2.15. The molecule has 0 amide bonds. The van der Waals surface area contributed by atoms with Gasteiger partial charge in [0, 0.05) is 0 Å². The predicted molar refractivity (Wildman–Crippen MR) is 70.1 cm³/mol. The third-order valence-corrected chi connectivity index (χ3v) is 4.74. The lowest BCUT2D eigenvalue weighted by atomic mass is 9.89. The summed E-state index contributed by atoms with van der Waals surface area (Å²) in [5.41, 5.74) is 5.06. The van der Waals surface area contributed by atoms with Gasteiger partial charge in [0.05, 0.1) is 23.0 Å². The van der Waals surface area contributed by atoms with Crippen LogP contribution >= 0.6 is 0 Å². The van der Waals surface area contributed by atoms with Gasteiger partial charge in [-0.25, -0.2) is 8.42 Å². The summed E-state index contributed by atoms with van der Waals surface area (Å²) in [6, 6.07) is 2.21. The van der Waals surface area contributed by atoms with Gasteiger partial charge in [-0.05, 0) is 39.2 Å². The molecule has 0 spiro atoms. The molecule has 5 heteroatoms. The zero-order valence-electron chi connectivity index (χ0n) is 11.1. The molecule has 1 unspecified atom stereocenters. The summed E-state index contributed by atoms with van der Waals surface area (Å²) in [5, 5.41) is 8.82. The predicted octanol–water partition coefficient (Wildman–Crippen LogP) is 1.72. The van der Waals surface area contributed by atoms with E-state index in [0.717, 1.165) is 12.8 Å². The minimum absolute atomic E-state index is 0.0237. The van der Waals surface area contributed by atoms with Gasteiger partial charge in [0.2, 0.25) is 0 Å². The number of rotatable bonds is 8. The van der Waals surface area contributed by atoms with Crippen molar-refractivity contribution in [3.05, 3.63) is 0 Å². The third-order valence-electron chi connectivity index (χ3n) is 2.75. The molecule has 0 aromatic carbocycles. The first-order valence-corrected chi connectivity index (χ1v) is 7.86. The zero-order valence-corrected chi connectivity index (χ0v) is 11.9. The molecule has 0 saturated carbocycles. The van der Waals surface area contributed by atoms with E-state index < -0.39 is 9.84 Å². The third kappa shape index (κ3) is 8.17. The smallest absolute Gasteiger partial charge is 0.150 e. The topological polar surface area (TPSA) is 84.0 Å². The fourth-order valence-corrected chi connectivity index (χ4v) is 3.34. The fourth-order valence-electron chi connectivity index (χ4n) is 1.53. The molecule has 4 nitrogen and oxygen atoms in total. The van der Waals surface area contributed by atoms with Crippen LogP contribution in [0.25, 0.3) is 0 Å². The lowest BCUT2D eigenvalue weighted by Gasteiger charge is -2.14. The molecule has 17 heavy (non-hydrogen) atoms. The maximum atomic E-state index is 11.7. The monoisotopic (exact) mass is 260 g/mol. The molecule has 0 fully saturated rings. The Morgan fingerprint density at radius 1 is 1.35 bits per heavy atom. The van der Waals surface area contributed by atoms with E-state index in [1.54, 1.807) is 0 Å². The van der Waals surface area contributed by atoms with E-state index in [9.17, 15) is 8.42 Å². The van der Waals surface area contributed by atoms with Gasteiger partial charge in [-0.2, -0.15) is 5.26 Å². The summed E-state index contributed by atoms with van der Waals surface area (Å²) in [4.78, 5) is 0. The highest BCUT2D eigenvalue weighted by Gasteiger charge is 2.18. The molecule has 0 saturated heterocycles. The molecule has 0 heterocycles. The van der Waals surface area contributed by atoms with Gasteiger partial charge in [-0.3, -0.25) is 0 Å². The van der Waals surface area contributed by atoms with Crippen LogP contribution in [0.15, 0.2) is 0 Å². The van der Waals surface area contributed by atoms with E-state index in [1.807, 2.05) is 20.8 Å². The second-order valence-corrected chi connectivity index (χ2v) is 7.64. The molecule has 2 N–H and O–H groups in total. The van der Waals surface area contributed by atoms with Crippen LogP contribution < -0.4 is 5.73 Å². The van der Waals surface area contributed by atoms with E-state index in [-0.39, 0.29) is 22.8 Å². The van der Waals surface area contributed by atoms with E-state index in [0.29, 0.717) is 13.0 Å². The highest BCUT2D eigenvalue weighted by Crippen LogP contribution is 2.21. The number of nitrogens with two attached hydrogens (primary N) is 1. The first-order valence-electron chi connectivity index (χ1n) is 6.04. The maximum Gasteiger partial charge on any atom is 0.150 e. The quantitative estimate of drug-likeness (QED) is 0.673. The number of sulfone groups is 1. The summed E-state index contributed by atoms with van der Waals surface area (Å²) < 4.78 is 23.3. The summed E-state index contributed by atoms with van der Waals surface area (Å²) >= 11 is 0. The van der Waals surface area contributed by atoms with E-state index in [4.69, 9.17) is 11.0 Å². The van der Waals surface area contributed by atoms with Gasteiger partial charge in [-0.1, -0.05) is 13.3 Å². The van der Waals surface area contributed by atoms with E-state index in [2.05, 4.69) is 6.07 Å². The Bertz CT molecular complexity index is 355. The summed E-state index contributed by atoms with van der Waals surface area (Å²) in [6.45, 7) is 5.99. The zero-order chi connectivity index (χ0) is 13.5. The van der Waals surface area contributed by atoms with Crippen molar-refractivity contribution < 1.29 is 8.42 Å². The van der Waals surface area contributed by atoms with Crippen molar-refractivity contribution in [3.63, 3.8) is 0 Å². The molecule has 0 aromatic heterocycles. The Morgan fingerprint density at radius 2 is 1.94 bits per heavy atom. The van der Waals surface area contributed by atoms with Crippen molar-refractivity contribution in [3.8, 4) is 6.07 Å². The van der Waals surface area contributed by atoms with Crippen LogP contribution in [0.3, 0.4) is 0 Å². The molecular weight excluding hydrogens is 236 g/mol. The van der Waals surface area contributed by atoms with Crippen LogP contribution in [-0.2, 0) is 9.84 Å². The number of nitrogens with zero attached hydrogens (tertiary/aromatic N) is 1. The average molecular weight is 260 g/mol. The van der Waals surface area contributed by atoms with Crippen molar-refractivity contribution in [2.45, 2.75) is 40.0 Å². The van der Waals surface area contributed by atoms with Gasteiger partial charge in [0.1, 0.15) is 0 Å². The molecule has 0 radical (unpaired) electrons. The van der Waals surface area contributed by atoms with Gasteiger partial charge < -0.3 is 5.73 Å². The molecule has 0 rings (SSSR count). The lowest BCUT2D eigenvalue weighted by Crippen LogP contribution is -2.23.